The molecule has 1 rings (SSSR count). The molecule has 0 spiro atoms. The molecular weight excluding hydrogens is 164 g/mol. The first-order valence-corrected chi connectivity index (χ1v) is 4.30. The quantitative estimate of drug-likeness (QED) is 0.721. The summed E-state index contributed by atoms with van der Waals surface area (Å²) in [7, 11) is 3.96. The zero-order valence-electron chi connectivity index (χ0n) is 8.07. The number of hydrogen-bond acceptors (Lipinski definition) is 3. The molecule has 0 saturated carbocycles. The number of nitrogens with zero attached hydrogens (tertiary/aromatic N) is 1. The topological polar surface area (TPSA) is 49.5 Å². The summed E-state index contributed by atoms with van der Waals surface area (Å²) in [6.07, 6.45) is -0.545. The zero-order chi connectivity index (χ0) is 9.84. The summed E-state index contributed by atoms with van der Waals surface area (Å²) in [5.74, 6) is 0. The van der Waals surface area contributed by atoms with E-state index in [-0.39, 0.29) is 6.54 Å². The maximum Gasteiger partial charge on any atom is 0.0912 e. The van der Waals surface area contributed by atoms with E-state index in [0.717, 1.165) is 11.3 Å². The molecule has 1 aromatic carbocycles. The van der Waals surface area contributed by atoms with Gasteiger partial charge in [-0.15, -0.1) is 0 Å². The Hall–Kier alpha value is -1.06. The van der Waals surface area contributed by atoms with Crippen LogP contribution in [0.1, 0.15) is 11.7 Å². The smallest absolute Gasteiger partial charge is 0.0912 e. The van der Waals surface area contributed by atoms with Crippen molar-refractivity contribution in [2.24, 2.45) is 5.73 Å². The van der Waals surface area contributed by atoms with Crippen LogP contribution in [0.25, 0.3) is 0 Å². The normalized spacial score (nSPS) is 12.6. The van der Waals surface area contributed by atoms with Gasteiger partial charge in [0.05, 0.1) is 6.10 Å². The van der Waals surface area contributed by atoms with Crippen molar-refractivity contribution in [2.45, 2.75) is 6.10 Å². The predicted octanol–water partition coefficient (Wildman–Crippen LogP) is 0.745. The van der Waals surface area contributed by atoms with Crippen molar-refractivity contribution < 1.29 is 5.11 Å². The number of nitrogens with two attached hydrogens (primary N) is 1. The first-order chi connectivity index (χ1) is 6.15. The Morgan fingerprint density at radius 3 is 2.23 bits per heavy atom. The van der Waals surface area contributed by atoms with E-state index in [4.69, 9.17) is 5.73 Å². The van der Waals surface area contributed by atoms with Crippen LogP contribution >= 0.6 is 0 Å². The van der Waals surface area contributed by atoms with Gasteiger partial charge in [0, 0.05) is 26.3 Å². The highest BCUT2D eigenvalue weighted by Gasteiger charge is 2.04. The van der Waals surface area contributed by atoms with E-state index in [0.29, 0.717) is 0 Å². The van der Waals surface area contributed by atoms with Gasteiger partial charge >= 0.3 is 0 Å². The van der Waals surface area contributed by atoms with Crippen LogP contribution in [-0.2, 0) is 0 Å². The zero-order valence-corrected chi connectivity index (χ0v) is 8.07. The Morgan fingerprint density at radius 1 is 1.31 bits per heavy atom. The average Bonchev–Trinajstić information content (AvgIpc) is 2.17. The molecule has 1 atom stereocenters. The molecule has 0 fully saturated rings. The van der Waals surface area contributed by atoms with Crippen LogP contribution in [0.3, 0.4) is 0 Å². The second-order valence-electron chi connectivity index (χ2n) is 3.24. The fourth-order valence-electron chi connectivity index (χ4n) is 1.13. The molecular formula is C10H16N2O. The number of aliphatic hydroxyl groups excluding tert-OH is 1. The fourth-order valence-corrected chi connectivity index (χ4v) is 1.13. The van der Waals surface area contributed by atoms with Gasteiger partial charge in [0.15, 0.2) is 0 Å². The highest BCUT2D eigenvalue weighted by Crippen LogP contribution is 2.16. The molecule has 0 heterocycles. The lowest BCUT2D eigenvalue weighted by atomic mass is 10.1. The van der Waals surface area contributed by atoms with E-state index in [1.807, 2.05) is 43.3 Å². The molecule has 0 aliphatic heterocycles. The molecule has 3 nitrogen and oxygen atoms in total. The minimum absolute atomic E-state index is 0.265. The molecule has 72 valence electrons. The summed E-state index contributed by atoms with van der Waals surface area (Å²) >= 11 is 0. The van der Waals surface area contributed by atoms with Crippen LogP contribution in [0, 0.1) is 0 Å². The Labute approximate surface area is 78.8 Å². The Balaban J connectivity index is 2.81. The third-order valence-corrected chi connectivity index (χ3v) is 2.02. The molecule has 0 amide bonds. The van der Waals surface area contributed by atoms with Gasteiger partial charge in [-0.2, -0.15) is 0 Å². The number of hydrogen-bond donors (Lipinski definition) is 2. The molecule has 0 aromatic heterocycles. The summed E-state index contributed by atoms with van der Waals surface area (Å²) in [4.78, 5) is 2.01. The highest BCUT2D eigenvalue weighted by atomic mass is 16.3. The van der Waals surface area contributed by atoms with E-state index in [1.54, 1.807) is 0 Å². The van der Waals surface area contributed by atoms with Gasteiger partial charge in [0.25, 0.3) is 0 Å². The molecule has 0 bridgehead atoms. The van der Waals surface area contributed by atoms with Gasteiger partial charge in [-0.05, 0) is 17.7 Å². The standard InChI is InChI=1S/C10H16N2O/c1-12(2)9-5-3-8(4-6-9)10(13)7-11/h3-6,10,13H,7,11H2,1-2H3/t10-/m0/s1. The van der Waals surface area contributed by atoms with Crippen molar-refractivity contribution in [3.8, 4) is 0 Å². The van der Waals surface area contributed by atoms with Crippen LogP contribution in [-0.4, -0.2) is 25.7 Å². The number of aliphatic hydroxyl groups is 1. The molecule has 3 heteroatoms. The average molecular weight is 180 g/mol. The largest absolute Gasteiger partial charge is 0.387 e. The molecule has 3 N–H and O–H groups in total. The lowest BCUT2D eigenvalue weighted by Crippen LogP contribution is -2.12. The second-order valence-corrected chi connectivity index (χ2v) is 3.24. The van der Waals surface area contributed by atoms with Gasteiger partial charge < -0.3 is 15.7 Å². The number of rotatable bonds is 3. The molecule has 0 saturated heterocycles. The van der Waals surface area contributed by atoms with Crippen molar-refractivity contribution in [1.29, 1.82) is 0 Å². The molecule has 0 aliphatic rings. The van der Waals surface area contributed by atoms with E-state index in [9.17, 15) is 5.11 Å². The number of benzene rings is 1. The lowest BCUT2D eigenvalue weighted by molar-refractivity contribution is 0.187. The van der Waals surface area contributed by atoms with Crippen LogP contribution < -0.4 is 10.6 Å². The van der Waals surface area contributed by atoms with E-state index in [1.165, 1.54) is 0 Å². The van der Waals surface area contributed by atoms with E-state index in [2.05, 4.69) is 0 Å². The third kappa shape index (κ3) is 2.44. The first kappa shape index (κ1) is 10.0. The van der Waals surface area contributed by atoms with Crippen LogP contribution in [0.15, 0.2) is 24.3 Å². The van der Waals surface area contributed by atoms with Gasteiger partial charge in [-0.25, -0.2) is 0 Å². The van der Waals surface area contributed by atoms with Crippen LogP contribution in [0.4, 0.5) is 5.69 Å². The summed E-state index contributed by atoms with van der Waals surface area (Å²) in [6.45, 7) is 0.265. The summed E-state index contributed by atoms with van der Waals surface area (Å²) in [5.41, 5.74) is 7.33. The first-order valence-electron chi connectivity index (χ1n) is 4.30. The van der Waals surface area contributed by atoms with Crippen molar-refractivity contribution in [3.05, 3.63) is 29.8 Å². The Bertz CT molecular complexity index is 256. The summed E-state index contributed by atoms with van der Waals surface area (Å²) in [6, 6.07) is 7.72. The van der Waals surface area contributed by atoms with E-state index >= 15 is 0 Å². The molecule has 0 radical (unpaired) electrons. The van der Waals surface area contributed by atoms with Gasteiger partial charge in [-0.1, -0.05) is 12.1 Å². The fraction of sp³-hybridized carbons (Fsp3) is 0.400. The number of anilines is 1. The van der Waals surface area contributed by atoms with Crippen LogP contribution in [0.5, 0.6) is 0 Å². The molecule has 0 unspecified atom stereocenters. The Kier molecular flexibility index (Phi) is 3.28. The summed E-state index contributed by atoms with van der Waals surface area (Å²) < 4.78 is 0. The minimum atomic E-state index is -0.545. The third-order valence-electron chi connectivity index (χ3n) is 2.02. The van der Waals surface area contributed by atoms with Crippen molar-refractivity contribution in [2.75, 3.05) is 25.5 Å². The highest BCUT2D eigenvalue weighted by molar-refractivity contribution is 5.46. The van der Waals surface area contributed by atoms with Crippen molar-refractivity contribution in [1.82, 2.24) is 0 Å². The SMILES string of the molecule is CN(C)c1ccc([C@@H](O)CN)cc1. The van der Waals surface area contributed by atoms with Gasteiger partial charge in [0.1, 0.15) is 0 Å². The maximum atomic E-state index is 9.42. The monoisotopic (exact) mass is 180 g/mol. The lowest BCUT2D eigenvalue weighted by Gasteiger charge is -2.14. The van der Waals surface area contributed by atoms with Crippen molar-refractivity contribution >= 4 is 5.69 Å². The second kappa shape index (κ2) is 4.25. The van der Waals surface area contributed by atoms with Gasteiger partial charge in [0.2, 0.25) is 0 Å². The summed E-state index contributed by atoms with van der Waals surface area (Å²) in [5, 5.41) is 9.42. The molecule has 1 aromatic rings. The van der Waals surface area contributed by atoms with Gasteiger partial charge in [-0.3, -0.25) is 0 Å². The minimum Gasteiger partial charge on any atom is -0.387 e. The van der Waals surface area contributed by atoms with Crippen LogP contribution in [0.2, 0.25) is 0 Å². The predicted molar refractivity (Wildman–Crippen MR) is 54.8 cm³/mol. The van der Waals surface area contributed by atoms with E-state index < -0.39 is 6.10 Å². The van der Waals surface area contributed by atoms with Crippen molar-refractivity contribution in [3.63, 3.8) is 0 Å². The molecule has 13 heavy (non-hydrogen) atoms. The molecule has 0 aliphatic carbocycles. The Morgan fingerprint density at radius 2 is 1.85 bits per heavy atom. The maximum absolute atomic E-state index is 9.42.